The van der Waals surface area contributed by atoms with Crippen molar-refractivity contribution in [2.75, 3.05) is 25.9 Å². The highest BCUT2D eigenvalue weighted by atomic mass is 19.1. The van der Waals surface area contributed by atoms with Gasteiger partial charge in [-0.25, -0.2) is 23.3 Å². The number of pyridine rings is 1. The summed E-state index contributed by atoms with van der Waals surface area (Å²) in [5.74, 6) is -1.45. The van der Waals surface area contributed by atoms with Gasteiger partial charge in [0.05, 0.1) is 31.0 Å². The number of carbonyl (C=O) groups excluding carboxylic acids is 2. The van der Waals surface area contributed by atoms with Crippen LogP contribution in [-0.4, -0.2) is 74.4 Å². The summed E-state index contributed by atoms with van der Waals surface area (Å²) in [6.07, 6.45) is 1.03. The molecule has 0 aromatic carbocycles. The molecule has 3 aromatic rings. The van der Waals surface area contributed by atoms with Crippen molar-refractivity contribution in [3.8, 4) is 23.2 Å². The molecule has 13 heteroatoms. The average molecular weight is 484 g/mol. The number of hydrogen-bond donors (Lipinski definition) is 2. The first-order chi connectivity index (χ1) is 16.5. The quantitative estimate of drug-likeness (QED) is 0.550. The number of amides is 2. The second kappa shape index (κ2) is 8.79. The summed E-state index contributed by atoms with van der Waals surface area (Å²) in [5.41, 5.74) is 4.99. The molecule has 182 valence electrons. The van der Waals surface area contributed by atoms with E-state index in [0.29, 0.717) is 16.8 Å². The van der Waals surface area contributed by atoms with Gasteiger partial charge in [-0.1, -0.05) is 0 Å². The number of nitrogens with zero attached hydrogens (tertiary/aromatic N) is 6. The number of nitrogens with two attached hydrogens (primary N) is 1. The number of halogens is 2. The molecular weight excluding hydrogens is 462 g/mol. The van der Waals surface area contributed by atoms with Gasteiger partial charge in [0.1, 0.15) is 29.6 Å². The first kappa shape index (κ1) is 23.8. The fourth-order valence-electron chi connectivity index (χ4n) is 3.97. The predicted molar refractivity (Wildman–Crippen MR) is 120 cm³/mol. The lowest BCUT2D eigenvalue weighted by Gasteiger charge is -2.22. The summed E-state index contributed by atoms with van der Waals surface area (Å²) >= 11 is 0. The SMILES string of the molecule is COc1ncc(-c2c(C#N)cc3c(N)ncnn23)cc1C(=O)N[C@@H]1CN(C(=O)C(C)(C)F)C[C@@H]1F. The molecule has 1 fully saturated rings. The zero-order valence-electron chi connectivity index (χ0n) is 19.1. The molecule has 35 heavy (non-hydrogen) atoms. The zero-order valence-corrected chi connectivity index (χ0v) is 19.1. The third kappa shape index (κ3) is 4.30. The van der Waals surface area contributed by atoms with Gasteiger partial charge in [0.25, 0.3) is 11.8 Å². The minimum absolute atomic E-state index is 0.0336. The molecule has 0 unspecified atom stereocenters. The Bertz CT molecular complexity index is 1360. The molecular formula is C22H22F2N8O3. The maximum Gasteiger partial charge on any atom is 0.259 e. The molecule has 1 aliphatic rings. The van der Waals surface area contributed by atoms with Crippen molar-refractivity contribution in [3.63, 3.8) is 0 Å². The van der Waals surface area contributed by atoms with Crippen LogP contribution in [0.25, 0.3) is 16.8 Å². The number of carbonyl (C=O) groups is 2. The van der Waals surface area contributed by atoms with Crippen LogP contribution < -0.4 is 15.8 Å². The molecule has 1 aliphatic heterocycles. The van der Waals surface area contributed by atoms with E-state index in [1.165, 1.54) is 36.3 Å². The van der Waals surface area contributed by atoms with Crippen molar-refractivity contribution in [1.29, 1.82) is 5.26 Å². The monoisotopic (exact) mass is 484 g/mol. The molecule has 2 amide bonds. The Kier molecular flexibility index (Phi) is 5.98. The van der Waals surface area contributed by atoms with Crippen molar-refractivity contribution in [1.82, 2.24) is 29.8 Å². The normalized spacial score (nSPS) is 17.9. The number of nitrogen functional groups attached to an aromatic ring is 1. The second-order valence-corrected chi connectivity index (χ2v) is 8.52. The lowest BCUT2D eigenvalue weighted by molar-refractivity contribution is -0.140. The Balaban J connectivity index is 1.67. The Hall–Kier alpha value is -4.34. The van der Waals surface area contributed by atoms with E-state index in [1.54, 1.807) is 0 Å². The largest absolute Gasteiger partial charge is 0.480 e. The number of anilines is 1. The molecule has 11 nitrogen and oxygen atoms in total. The summed E-state index contributed by atoms with van der Waals surface area (Å²) in [6, 6.07) is 3.94. The van der Waals surface area contributed by atoms with Crippen molar-refractivity contribution in [3.05, 3.63) is 35.8 Å². The highest BCUT2D eigenvalue weighted by Gasteiger charge is 2.41. The van der Waals surface area contributed by atoms with Crippen LogP contribution in [0, 0.1) is 11.3 Å². The summed E-state index contributed by atoms with van der Waals surface area (Å²) in [4.78, 5) is 34.4. The van der Waals surface area contributed by atoms with Gasteiger partial charge < -0.3 is 20.7 Å². The van der Waals surface area contributed by atoms with Crippen molar-refractivity contribution >= 4 is 23.1 Å². The Morgan fingerprint density at radius 2 is 2.06 bits per heavy atom. The van der Waals surface area contributed by atoms with Gasteiger partial charge in [-0.05, 0) is 26.0 Å². The third-order valence-corrected chi connectivity index (χ3v) is 5.65. The van der Waals surface area contributed by atoms with Gasteiger partial charge in [0.15, 0.2) is 11.5 Å². The molecule has 0 aliphatic carbocycles. The summed E-state index contributed by atoms with van der Waals surface area (Å²) in [5, 5.41) is 16.3. The van der Waals surface area contributed by atoms with E-state index in [-0.39, 0.29) is 35.9 Å². The topological polar surface area (TPSA) is 152 Å². The molecule has 2 atom stereocenters. The van der Waals surface area contributed by atoms with Gasteiger partial charge in [0, 0.05) is 18.3 Å². The fourth-order valence-corrected chi connectivity index (χ4v) is 3.97. The number of likely N-dealkylation sites (tertiary alicyclic amines) is 1. The number of rotatable bonds is 5. The number of methoxy groups -OCH3 is 1. The minimum Gasteiger partial charge on any atom is -0.480 e. The number of ether oxygens (including phenoxy) is 1. The number of alkyl halides is 2. The van der Waals surface area contributed by atoms with Gasteiger partial charge in [-0.3, -0.25) is 9.59 Å². The highest BCUT2D eigenvalue weighted by Crippen LogP contribution is 2.30. The van der Waals surface area contributed by atoms with Crippen LogP contribution in [0.4, 0.5) is 14.6 Å². The van der Waals surface area contributed by atoms with E-state index in [2.05, 4.69) is 26.5 Å². The van der Waals surface area contributed by atoms with Crippen LogP contribution >= 0.6 is 0 Å². The summed E-state index contributed by atoms with van der Waals surface area (Å²) in [7, 11) is 1.32. The van der Waals surface area contributed by atoms with Crippen LogP contribution in [0.5, 0.6) is 5.88 Å². The van der Waals surface area contributed by atoms with Crippen LogP contribution in [-0.2, 0) is 4.79 Å². The van der Waals surface area contributed by atoms with Crippen LogP contribution in [0.3, 0.4) is 0 Å². The number of nitrogens with one attached hydrogen (secondary N) is 1. The molecule has 4 rings (SSSR count). The van der Waals surface area contributed by atoms with Gasteiger partial charge in [-0.2, -0.15) is 10.4 Å². The van der Waals surface area contributed by atoms with E-state index in [1.807, 2.05) is 0 Å². The van der Waals surface area contributed by atoms with E-state index >= 15 is 0 Å². The van der Waals surface area contributed by atoms with E-state index < -0.39 is 29.7 Å². The average Bonchev–Trinajstić information content (AvgIpc) is 3.38. The molecule has 0 radical (unpaired) electrons. The van der Waals surface area contributed by atoms with Gasteiger partial charge in [0.2, 0.25) is 5.88 Å². The Morgan fingerprint density at radius 3 is 2.71 bits per heavy atom. The molecule has 0 saturated carbocycles. The first-order valence-electron chi connectivity index (χ1n) is 10.5. The van der Waals surface area contributed by atoms with Crippen molar-refractivity contribution < 1.29 is 23.1 Å². The smallest absolute Gasteiger partial charge is 0.259 e. The molecule has 1 saturated heterocycles. The Labute approximate surface area is 198 Å². The van der Waals surface area contributed by atoms with E-state index in [9.17, 15) is 23.6 Å². The van der Waals surface area contributed by atoms with Crippen LogP contribution in [0.1, 0.15) is 29.8 Å². The number of aromatic nitrogens is 4. The number of nitriles is 1. The van der Waals surface area contributed by atoms with E-state index in [4.69, 9.17) is 10.5 Å². The lowest BCUT2D eigenvalue weighted by atomic mass is 10.1. The maximum absolute atomic E-state index is 14.6. The first-order valence-corrected chi connectivity index (χ1v) is 10.5. The molecule has 3 N–H and O–H groups in total. The summed E-state index contributed by atoms with van der Waals surface area (Å²) < 4.78 is 35.2. The molecule has 0 spiro atoms. The third-order valence-electron chi connectivity index (χ3n) is 5.65. The van der Waals surface area contributed by atoms with Gasteiger partial charge >= 0.3 is 0 Å². The standard InChI is InChI=1S/C22H22F2N8O3/c1-22(2,24)21(34)31-8-14(23)15(9-31)30-19(33)13-4-12(7-27-20(13)35-3)17-11(6-25)5-16-18(26)28-10-29-32(16)17/h4-5,7,10,14-15H,8-9H2,1-3H3,(H,30,33)(H2,26,28,29)/t14-,15+/m0/s1. The lowest BCUT2D eigenvalue weighted by Crippen LogP contribution is -2.44. The van der Waals surface area contributed by atoms with Gasteiger partial charge in [-0.15, -0.1) is 0 Å². The fraction of sp³-hybridized carbons (Fsp3) is 0.364. The molecule has 4 heterocycles. The van der Waals surface area contributed by atoms with Crippen LogP contribution in [0.2, 0.25) is 0 Å². The predicted octanol–water partition coefficient (Wildman–Crippen LogP) is 1.28. The Morgan fingerprint density at radius 1 is 1.31 bits per heavy atom. The maximum atomic E-state index is 14.6. The van der Waals surface area contributed by atoms with E-state index in [0.717, 1.165) is 18.7 Å². The number of hydrogen-bond acceptors (Lipinski definition) is 8. The highest BCUT2D eigenvalue weighted by molar-refractivity contribution is 5.98. The second-order valence-electron chi connectivity index (χ2n) is 8.52. The van der Waals surface area contributed by atoms with Crippen molar-refractivity contribution in [2.45, 2.75) is 31.7 Å². The zero-order chi connectivity index (χ0) is 25.5. The van der Waals surface area contributed by atoms with Crippen molar-refractivity contribution in [2.24, 2.45) is 0 Å². The molecule has 3 aromatic heterocycles. The minimum atomic E-state index is -2.16. The summed E-state index contributed by atoms with van der Waals surface area (Å²) in [6.45, 7) is 1.66. The van der Waals surface area contributed by atoms with Crippen LogP contribution in [0.15, 0.2) is 24.7 Å². The molecule has 0 bridgehead atoms. The number of fused-ring (bicyclic) bond motifs is 1.